The highest BCUT2D eigenvalue weighted by Gasteiger charge is 2.21. The number of hydrogen-bond acceptors (Lipinski definition) is 4. The number of carbonyl (C=O) groups is 2. The van der Waals surface area contributed by atoms with Gasteiger partial charge in [-0.2, -0.15) is 0 Å². The van der Waals surface area contributed by atoms with Crippen LogP contribution in [0.4, 0.5) is 0 Å². The smallest absolute Gasteiger partial charge is 0.341 e. The van der Waals surface area contributed by atoms with Gasteiger partial charge in [0.25, 0.3) is 0 Å². The summed E-state index contributed by atoms with van der Waals surface area (Å²) in [5.41, 5.74) is 1.04. The molecule has 120 valence electrons. The van der Waals surface area contributed by atoms with Crippen molar-refractivity contribution in [1.29, 1.82) is 0 Å². The molecular formula is C16H21NO5. The van der Waals surface area contributed by atoms with Crippen molar-refractivity contribution < 1.29 is 24.2 Å². The minimum atomic E-state index is -1.00. The Hall–Kier alpha value is -2.08. The van der Waals surface area contributed by atoms with Crippen molar-refractivity contribution in [2.24, 2.45) is 5.92 Å². The molecule has 1 amide bonds. The molecule has 0 aliphatic heterocycles. The maximum atomic E-state index is 11.5. The lowest BCUT2D eigenvalue weighted by Crippen LogP contribution is -2.29. The Balaban J connectivity index is 1.59. The second kappa shape index (κ2) is 8.38. The quantitative estimate of drug-likeness (QED) is 0.679. The van der Waals surface area contributed by atoms with Crippen LogP contribution >= 0.6 is 0 Å². The number of aliphatic carboxylic acids is 1. The van der Waals surface area contributed by atoms with Gasteiger partial charge in [-0.15, -0.1) is 0 Å². The maximum Gasteiger partial charge on any atom is 0.341 e. The summed E-state index contributed by atoms with van der Waals surface area (Å²) in [5, 5.41) is 11.3. The van der Waals surface area contributed by atoms with Crippen molar-refractivity contribution in [3.63, 3.8) is 0 Å². The Morgan fingerprint density at radius 1 is 1.18 bits per heavy atom. The van der Waals surface area contributed by atoms with Crippen molar-refractivity contribution in [1.82, 2.24) is 5.32 Å². The minimum absolute atomic E-state index is 0.0953. The van der Waals surface area contributed by atoms with E-state index in [9.17, 15) is 9.59 Å². The molecule has 6 nitrogen and oxygen atoms in total. The predicted octanol–water partition coefficient (Wildman–Crippen LogP) is 1.24. The lowest BCUT2D eigenvalue weighted by atomic mass is 10.1. The number of hydrogen-bond donors (Lipinski definition) is 2. The summed E-state index contributed by atoms with van der Waals surface area (Å²) in [6.45, 7) is 1.00. The molecule has 1 fully saturated rings. The number of nitrogens with one attached hydrogen (secondary N) is 1. The Morgan fingerprint density at radius 3 is 2.55 bits per heavy atom. The Bertz CT molecular complexity index is 496. The third-order valence-corrected chi connectivity index (χ3v) is 3.31. The Labute approximate surface area is 129 Å². The van der Waals surface area contributed by atoms with Crippen LogP contribution in [0.15, 0.2) is 24.3 Å². The first-order valence-electron chi connectivity index (χ1n) is 7.41. The van der Waals surface area contributed by atoms with Crippen LogP contribution in [-0.4, -0.2) is 43.3 Å². The van der Waals surface area contributed by atoms with Gasteiger partial charge >= 0.3 is 5.97 Å². The summed E-state index contributed by atoms with van der Waals surface area (Å²) in [7, 11) is 0. The summed E-state index contributed by atoms with van der Waals surface area (Å²) >= 11 is 0. The monoisotopic (exact) mass is 307 g/mol. The number of rotatable bonds is 10. The summed E-state index contributed by atoms with van der Waals surface area (Å²) in [6, 6.07) is 7.15. The number of amides is 1. The van der Waals surface area contributed by atoms with Crippen LogP contribution in [0, 0.1) is 5.92 Å². The van der Waals surface area contributed by atoms with E-state index in [1.165, 1.54) is 12.8 Å². The lowest BCUT2D eigenvalue weighted by molar-refractivity contribution is -0.139. The van der Waals surface area contributed by atoms with Crippen LogP contribution in [0.25, 0.3) is 0 Å². The lowest BCUT2D eigenvalue weighted by Gasteiger charge is -2.07. The zero-order valence-corrected chi connectivity index (χ0v) is 12.4. The van der Waals surface area contributed by atoms with Crippen LogP contribution in [-0.2, 0) is 20.7 Å². The first-order chi connectivity index (χ1) is 10.6. The molecular weight excluding hydrogens is 286 g/mol. The molecule has 0 bridgehead atoms. The van der Waals surface area contributed by atoms with Gasteiger partial charge in [-0.25, -0.2) is 4.79 Å². The van der Waals surface area contributed by atoms with Crippen LogP contribution in [0.3, 0.4) is 0 Å². The second-order valence-corrected chi connectivity index (χ2v) is 5.38. The first-order valence-corrected chi connectivity index (χ1v) is 7.41. The van der Waals surface area contributed by atoms with Crippen LogP contribution in [0.2, 0.25) is 0 Å². The van der Waals surface area contributed by atoms with Gasteiger partial charge in [0.15, 0.2) is 6.61 Å². The average Bonchev–Trinajstić information content (AvgIpc) is 3.30. The number of carbonyl (C=O) groups excluding carboxylic acids is 1. The molecule has 0 atom stereocenters. The van der Waals surface area contributed by atoms with Gasteiger partial charge in [0.05, 0.1) is 6.61 Å². The van der Waals surface area contributed by atoms with Crippen molar-refractivity contribution in [3.8, 4) is 5.75 Å². The third kappa shape index (κ3) is 6.58. The van der Waals surface area contributed by atoms with E-state index < -0.39 is 5.97 Å². The van der Waals surface area contributed by atoms with Gasteiger partial charge in [-0.1, -0.05) is 12.1 Å². The summed E-state index contributed by atoms with van der Waals surface area (Å²) in [5.74, 6) is 0.0797. The van der Waals surface area contributed by atoms with Crippen molar-refractivity contribution >= 4 is 11.9 Å². The van der Waals surface area contributed by atoms with Gasteiger partial charge in [-0.05, 0) is 42.9 Å². The van der Waals surface area contributed by atoms with Gasteiger partial charge in [0.2, 0.25) is 5.91 Å². The van der Waals surface area contributed by atoms with E-state index in [-0.39, 0.29) is 19.1 Å². The Kier molecular flexibility index (Phi) is 6.21. The summed E-state index contributed by atoms with van der Waals surface area (Å²) in [4.78, 5) is 21.9. The summed E-state index contributed by atoms with van der Waals surface area (Å²) < 4.78 is 10.4. The maximum absolute atomic E-state index is 11.5. The molecule has 1 aromatic carbocycles. The zero-order valence-electron chi connectivity index (χ0n) is 12.4. The summed E-state index contributed by atoms with van der Waals surface area (Å²) in [6.07, 6.45) is 3.13. The van der Waals surface area contributed by atoms with Gasteiger partial charge in [0.1, 0.15) is 12.4 Å². The fourth-order valence-electron chi connectivity index (χ4n) is 1.90. The molecule has 0 unspecified atom stereocenters. The van der Waals surface area contributed by atoms with Gasteiger partial charge < -0.3 is 19.9 Å². The van der Waals surface area contributed by atoms with Crippen LogP contribution < -0.4 is 10.1 Å². The fourth-order valence-corrected chi connectivity index (χ4v) is 1.90. The van der Waals surface area contributed by atoms with Gasteiger partial charge in [-0.3, -0.25) is 4.79 Å². The molecule has 0 spiro atoms. The van der Waals surface area contributed by atoms with E-state index in [4.69, 9.17) is 14.6 Å². The van der Waals surface area contributed by atoms with E-state index in [1.54, 1.807) is 12.1 Å². The molecule has 1 aliphatic rings. The molecule has 1 aromatic rings. The average molecular weight is 307 g/mol. The topological polar surface area (TPSA) is 84.9 Å². The molecule has 0 heterocycles. The molecule has 2 rings (SSSR count). The zero-order chi connectivity index (χ0) is 15.8. The fraction of sp³-hybridized carbons (Fsp3) is 0.500. The molecule has 6 heteroatoms. The largest absolute Gasteiger partial charge is 0.482 e. The highest BCUT2D eigenvalue weighted by Crippen LogP contribution is 2.28. The van der Waals surface area contributed by atoms with E-state index in [0.29, 0.717) is 31.2 Å². The molecule has 1 aliphatic carbocycles. The van der Waals surface area contributed by atoms with Gasteiger partial charge in [0, 0.05) is 6.54 Å². The highest BCUT2D eigenvalue weighted by molar-refractivity contribution is 5.77. The molecule has 0 saturated heterocycles. The molecule has 0 aromatic heterocycles. The highest BCUT2D eigenvalue weighted by atomic mass is 16.5. The number of benzene rings is 1. The van der Waals surface area contributed by atoms with E-state index in [1.807, 2.05) is 12.1 Å². The minimum Gasteiger partial charge on any atom is -0.482 e. The van der Waals surface area contributed by atoms with Crippen molar-refractivity contribution in [2.45, 2.75) is 19.3 Å². The van der Waals surface area contributed by atoms with Crippen LogP contribution in [0.5, 0.6) is 5.75 Å². The standard InChI is InChI=1S/C16H21NO5/c18-15(10-21-9-13-1-2-13)17-8-7-12-3-5-14(6-4-12)22-11-16(19)20/h3-6,13H,1-2,7-11H2,(H,17,18)(H,19,20). The second-order valence-electron chi connectivity index (χ2n) is 5.38. The predicted molar refractivity (Wildman–Crippen MR) is 79.8 cm³/mol. The molecule has 2 N–H and O–H groups in total. The molecule has 22 heavy (non-hydrogen) atoms. The van der Waals surface area contributed by atoms with Crippen LogP contribution in [0.1, 0.15) is 18.4 Å². The normalized spacial score (nSPS) is 13.6. The number of ether oxygens (including phenoxy) is 2. The molecule has 1 saturated carbocycles. The SMILES string of the molecule is O=C(O)COc1ccc(CCNC(=O)COCC2CC2)cc1. The molecule has 0 radical (unpaired) electrons. The van der Waals surface area contributed by atoms with Crippen molar-refractivity contribution in [2.75, 3.05) is 26.4 Å². The number of carboxylic acid groups (broad SMARTS) is 1. The van der Waals surface area contributed by atoms with E-state index in [0.717, 1.165) is 5.56 Å². The van der Waals surface area contributed by atoms with E-state index >= 15 is 0 Å². The number of carboxylic acids is 1. The van der Waals surface area contributed by atoms with E-state index in [2.05, 4.69) is 5.32 Å². The van der Waals surface area contributed by atoms with Crippen molar-refractivity contribution in [3.05, 3.63) is 29.8 Å². The third-order valence-electron chi connectivity index (χ3n) is 3.31. The first kappa shape index (κ1) is 16.3. The Morgan fingerprint density at radius 2 is 1.91 bits per heavy atom.